The Morgan fingerprint density at radius 2 is 1.63 bits per heavy atom. The molecule has 182 valence electrons. The largest absolute Gasteiger partial charge is 0.369 e. The SMILES string of the molecule is CN1CCN(c2ccc(-c3nc4c(C(=O)NC56CC7CC(CC(C7)C5)C6)ccnc4[nH]3)cc2)CC1. The highest BCUT2D eigenvalue weighted by Gasteiger charge is 2.51. The number of anilines is 1. The second-order valence-electron chi connectivity index (χ2n) is 11.6. The molecule has 3 heterocycles. The van der Waals surface area contributed by atoms with Crippen LogP contribution in [-0.2, 0) is 0 Å². The summed E-state index contributed by atoms with van der Waals surface area (Å²) < 4.78 is 0. The first kappa shape index (κ1) is 21.4. The molecule has 1 saturated heterocycles. The lowest BCUT2D eigenvalue weighted by Crippen LogP contribution is -2.59. The number of aromatic amines is 1. The Morgan fingerprint density at radius 1 is 0.971 bits per heavy atom. The lowest BCUT2D eigenvalue weighted by molar-refractivity contribution is -0.0166. The van der Waals surface area contributed by atoms with Crippen LogP contribution >= 0.6 is 0 Å². The van der Waals surface area contributed by atoms with Crippen LogP contribution in [0.2, 0.25) is 0 Å². The third kappa shape index (κ3) is 3.80. The van der Waals surface area contributed by atoms with Gasteiger partial charge in [-0.15, -0.1) is 0 Å². The lowest BCUT2D eigenvalue weighted by atomic mass is 9.53. The van der Waals surface area contributed by atoms with Crippen LogP contribution in [0.25, 0.3) is 22.6 Å². The van der Waals surface area contributed by atoms with E-state index < -0.39 is 0 Å². The molecule has 2 N–H and O–H groups in total. The summed E-state index contributed by atoms with van der Waals surface area (Å²) in [5.74, 6) is 3.15. The molecular weight excluding hydrogens is 436 g/mol. The van der Waals surface area contributed by atoms with Crippen molar-refractivity contribution in [3.05, 3.63) is 42.1 Å². The number of rotatable bonds is 4. The highest BCUT2D eigenvalue weighted by Crippen LogP contribution is 2.55. The zero-order valence-corrected chi connectivity index (χ0v) is 20.5. The van der Waals surface area contributed by atoms with Gasteiger partial charge >= 0.3 is 0 Å². The summed E-state index contributed by atoms with van der Waals surface area (Å²) in [5, 5.41) is 3.50. The van der Waals surface area contributed by atoms with E-state index >= 15 is 0 Å². The minimum Gasteiger partial charge on any atom is -0.369 e. The molecule has 1 amide bonds. The summed E-state index contributed by atoms with van der Waals surface area (Å²) >= 11 is 0. The van der Waals surface area contributed by atoms with Crippen molar-refractivity contribution in [2.24, 2.45) is 17.8 Å². The van der Waals surface area contributed by atoms with Crippen LogP contribution < -0.4 is 10.2 Å². The summed E-state index contributed by atoms with van der Waals surface area (Å²) in [7, 11) is 2.17. The Morgan fingerprint density at radius 3 is 2.29 bits per heavy atom. The highest BCUT2D eigenvalue weighted by molar-refractivity contribution is 6.04. The van der Waals surface area contributed by atoms with Crippen molar-refractivity contribution < 1.29 is 4.79 Å². The van der Waals surface area contributed by atoms with Crippen molar-refractivity contribution in [3.63, 3.8) is 0 Å². The fourth-order valence-electron chi connectivity index (χ4n) is 7.70. The lowest BCUT2D eigenvalue weighted by Gasteiger charge is -2.56. The number of likely N-dealkylation sites (N-methyl/N-ethyl adjacent to an activating group) is 1. The van der Waals surface area contributed by atoms with E-state index in [9.17, 15) is 4.79 Å². The van der Waals surface area contributed by atoms with Gasteiger partial charge in [-0.1, -0.05) is 0 Å². The molecule has 0 atom stereocenters. The number of fused-ring (bicyclic) bond motifs is 1. The predicted molar refractivity (Wildman–Crippen MR) is 137 cm³/mol. The third-order valence-electron chi connectivity index (χ3n) is 9.06. The Kier molecular flexibility index (Phi) is 4.91. The molecule has 1 aromatic carbocycles. The summed E-state index contributed by atoms with van der Waals surface area (Å²) in [6.07, 6.45) is 9.25. The average Bonchev–Trinajstić information content (AvgIpc) is 3.28. The Bertz CT molecular complexity index is 1220. The minimum absolute atomic E-state index is 0.00261. The van der Waals surface area contributed by atoms with Crippen LogP contribution in [-0.4, -0.2) is 64.5 Å². The molecule has 0 spiro atoms. The van der Waals surface area contributed by atoms with Crippen LogP contribution in [0.4, 0.5) is 5.69 Å². The first-order chi connectivity index (χ1) is 17.0. The van der Waals surface area contributed by atoms with Gasteiger partial charge in [0, 0.05) is 49.2 Å². The Labute approximate surface area is 206 Å². The topological polar surface area (TPSA) is 77.2 Å². The Hall–Kier alpha value is -2.93. The van der Waals surface area contributed by atoms with Crippen molar-refractivity contribution in [1.82, 2.24) is 25.2 Å². The number of H-pyrrole nitrogens is 1. The van der Waals surface area contributed by atoms with Crippen LogP contribution in [0.5, 0.6) is 0 Å². The van der Waals surface area contributed by atoms with E-state index in [4.69, 9.17) is 4.98 Å². The fourth-order valence-corrected chi connectivity index (χ4v) is 7.70. The number of imidazole rings is 1. The quantitative estimate of drug-likeness (QED) is 0.601. The van der Waals surface area contributed by atoms with Gasteiger partial charge in [0.1, 0.15) is 11.3 Å². The van der Waals surface area contributed by atoms with Gasteiger partial charge in [-0.2, -0.15) is 0 Å². The summed E-state index contributed by atoms with van der Waals surface area (Å²) in [4.78, 5) is 31.0. The monoisotopic (exact) mass is 470 g/mol. The number of pyridine rings is 1. The van der Waals surface area contributed by atoms with Crippen LogP contribution in [0, 0.1) is 17.8 Å². The number of hydrogen-bond donors (Lipinski definition) is 2. The number of piperazine rings is 1. The van der Waals surface area contributed by atoms with Crippen molar-refractivity contribution >= 4 is 22.8 Å². The predicted octanol–water partition coefficient (Wildman–Crippen LogP) is 4.08. The molecule has 5 fully saturated rings. The second kappa shape index (κ2) is 8.05. The number of carbonyl (C=O) groups excluding carboxylic acids is 1. The number of benzene rings is 1. The zero-order chi connectivity index (χ0) is 23.6. The molecule has 7 nitrogen and oxygen atoms in total. The van der Waals surface area contributed by atoms with Crippen LogP contribution in [0.15, 0.2) is 36.5 Å². The van der Waals surface area contributed by atoms with E-state index in [1.54, 1.807) is 6.20 Å². The summed E-state index contributed by atoms with van der Waals surface area (Å²) in [6.45, 7) is 4.27. The van der Waals surface area contributed by atoms with E-state index in [1.165, 1.54) is 24.9 Å². The number of hydrogen-bond acceptors (Lipinski definition) is 5. The van der Waals surface area contributed by atoms with Gasteiger partial charge in [-0.05, 0) is 93.7 Å². The van der Waals surface area contributed by atoms with Gasteiger partial charge in [0.25, 0.3) is 5.91 Å². The Balaban J connectivity index is 1.13. The molecule has 1 aliphatic heterocycles. The van der Waals surface area contributed by atoms with Gasteiger partial charge in [0.2, 0.25) is 0 Å². The first-order valence-corrected chi connectivity index (χ1v) is 13.2. The maximum atomic E-state index is 13.5. The maximum absolute atomic E-state index is 13.5. The number of nitrogens with one attached hydrogen (secondary N) is 2. The molecule has 8 rings (SSSR count). The smallest absolute Gasteiger partial charge is 0.254 e. The second-order valence-corrected chi connectivity index (χ2v) is 11.6. The van der Waals surface area contributed by atoms with Gasteiger partial charge in [0.05, 0.1) is 5.56 Å². The number of nitrogens with zero attached hydrogens (tertiary/aromatic N) is 4. The molecule has 0 radical (unpaired) electrons. The molecule has 3 aromatic rings. The number of carbonyl (C=O) groups is 1. The van der Waals surface area contributed by atoms with Gasteiger partial charge in [-0.25, -0.2) is 9.97 Å². The number of aromatic nitrogens is 3. The zero-order valence-electron chi connectivity index (χ0n) is 20.5. The average molecular weight is 471 g/mol. The van der Waals surface area contributed by atoms with Gasteiger partial charge in [-0.3, -0.25) is 4.79 Å². The summed E-state index contributed by atoms with van der Waals surface area (Å²) in [6, 6.07) is 10.4. The first-order valence-electron chi connectivity index (χ1n) is 13.2. The van der Waals surface area contributed by atoms with Crippen molar-refractivity contribution in [2.45, 2.75) is 44.1 Å². The van der Waals surface area contributed by atoms with E-state index in [2.05, 4.69) is 56.4 Å². The van der Waals surface area contributed by atoms with Crippen molar-refractivity contribution in [1.29, 1.82) is 0 Å². The molecule has 35 heavy (non-hydrogen) atoms. The summed E-state index contributed by atoms with van der Waals surface area (Å²) in [5.41, 5.74) is 4.19. The number of amides is 1. The molecule has 0 unspecified atom stereocenters. The highest BCUT2D eigenvalue weighted by atomic mass is 16.1. The molecule has 4 aliphatic carbocycles. The molecule has 4 saturated carbocycles. The van der Waals surface area contributed by atoms with Crippen molar-refractivity contribution in [3.8, 4) is 11.4 Å². The van der Waals surface area contributed by atoms with Gasteiger partial charge in [0.15, 0.2) is 5.65 Å². The normalized spacial score (nSPS) is 30.2. The van der Waals surface area contributed by atoms with Crippen LogP contribution in [0.1, 0.15) is 48.9 Å². The molecule has 7 heteroatoms. The van der Waals surface area contributed by atoms with E-state index in [0.29, 0.717) is 16.7 Å². The molecular formula is C28H34N6O. The minimum atomic E-state index is -0.0142. The maximum Gasteiger partial charge on any atom is 0.254 e. The fraction of sp³-hybridized carbons (Fsp3) is 0.536. The third-order valence-corrected chi connectivity index (χ3v) is 9.06. The molecule has 4 bridgehead atoms. The standard InChI is InChI=1S/C28H34N6O/c1-33-8-10-34(11-9-33)22-4-2-21(3-5-22)25-30-24-23(6-7-29-26(24)31-25)27(35)32-28-15-18-12-19(16-28)14-20(13-18)17-28/h2-7,18-20H,8-17H2,1H3,(H,32,35)(H,29,30,31). The van der Waals surface area contributed by atoms with Crippen molar-refractivity contribution in [2.75, 3.05) is 38.1 Å². The molecule has 5 aliphatic rings. The van der Waals surface area contributed by atoms with E-state index in [1.807, 2.05) is 6.07 Å². The van der Waals surface area contributed by atoms with E-state index in [0.717, 1.165) is 74.6 Å². The molecule has 2 aromatic heterocycles. The van der Waals surface area contributed by atoms with Gasteiger partial charge < -0.3 is 20.1 Å². The van der Waals surface area contributed by atoms with Crippen LogP contribution in [0.3, 0.4) is 0 Å². The van der Waals surface area contributed by atoms with E-state index in [-0.39, 0.29) is 11.4 Å².